The van der Waals surface area contributed by atoms with E-state index in [2.05, 4.69) is 25.8 Å². The summed E-state index contributed by atoms with van der Waals surface area (Å²) in [7, 11) is 0. The number of alkyl halides is 3. The van der Waals surface area contributed by atoms with E-state index in [0.717, 1.165) is 43.3 Å². The molecule has 3 aliphatic heterocycles. The van der Waals surface area contributed by atoms with E-state index in [9.17, 15) is 13.2 Å². The lowest BCUT2D eigenvalue weighted by Gasteiger charge is -2.38. The minimum Gasteiger partial charge on any atom is -0.356 e. The summed E-state index contributed by atoms with van der Waals surface area (Å²) in [4.78, 5) is 22.8. The lowest BCUT2D eigenvalue weighted by atomic mass is 9.99. The van der Waals surface area contributed by atoms with Gasteiger partial charge in [-0.3, -0.25) is 0 Å². The fourth-order valence-corrected chi connectivity index (χ4v) is 6.37. The van der Waals surface area contributed by atoms with Gasteiger partial charge in [0.05, 0.1) is 5.56 Å². The average Bonchev–Trinajstić information content (AvgIpc) is 3.28. The van der Waals surface area contributed by atoms with Crippen LogP contribution in [0.15, 0.2) is 24.4 Å². The minimum atomic E-state index is -4.42. The van der Waals surface area contributed by atoms with Crippen LogP contribution in [0.5, 0.6) is 0 Å². The van der Waals surface area contributed by atoms with Gasteiger partial charge in [-0.2, -0.15) is 23.1 Å². The molecule has 1 saturated carbocycles. The minimum absolute atomic E-state index is 0.0115. The van der Waals surface area contributed by atoms with Gasteiger partial charge in [-0.1, -0.05) is 0 Å². The van der Waals surface area contributed by atoms with Crippen molar-refractivity contribution < 1.29 is 13.2 Å². The third-order valence-electron chi connectivity index (χ3n) is 8.35. The van der Waals surface area contributed by atoms with E-state index in [1.54, 1.807) is 4.90 Å². The number of rotatable bonds is 4. The zero-order valence-corrected chi connectivity index (χ0v) is 20.6. The molecular formula is C26H34F3N7. The molecule has 0 aromatic carbocycles. The summed E-state index contributed by atoms with van der Waals surface area (Å²) in [5, 5.41) is 0. The van der Waals surface area contributed by atoms with E-state index < -0.39 is 11.7 Å². The number of piperazine rings is 1. The predicted octanol–water partition coefficient (Wildman–Crippen LogP) is 4.59. The number of fused-ring (bicyclic) bond motifs is 2. The van der Waals surface area contributed by atoms with Crippen LogP contribution < -0.4 is 19.6 Å². The number of anilines is 4. The molecule has 4 aliphatic rings. The molecule has 2 aromatic heterocycles. The molecule has 7 nitrogen and oxygen atoms in total. The number of piperidine rings is 2. The molecule has 2 unspecified atom stereocenters. The zero-order valence-electron chi connectivity index (χ0n) is 20.6. The lowest BCUT2D eigenvalue weighted by Crippen LogP contribution is -2.48. The summed E-state index contributed by atoms with van der Waals surface area (Å²) in [6.07, 6.45) is 5.63. The van der Waals surface area contributed by atoms with Gasteiger partial charge < -0.3 is 19.6 Å². The summed E-state index contributed by atoms with van der Waals surface area (Å²) < 4.78 is 40.6. The van der Waals surface area contributed by atoms with Crippen molar-refractivity contribution in [1.82, 2.24) is 15.0 Å². The monoisotopic (exact) mass is 501 g/mol. The van der Waals surface area contributed by atoms with Crippen molar-refractivity contribution in [1.29, 1.82) is 0 Å². The molecule has 0 spiro atoms. The Morgan fingerprint density at radius 1 is 0.778 bits per heavy atom. The Labute approximate surface area is 210 Å². The van der Waals surface area contributed by atoms with Gasteiger partial charge >= 0.3 is 6.18 Å². The highest BCUT2D eigenvalue weighted by Gasteiger charge is 2.37. The van der Waals surface area contributed by atoms with Crippen molar-refractivity contribution in [3.05, 3.63) is 30.0 Å². The Morgan fingerprint density at radius 2 is 1.53 bits per heavy atom. The fraction of sp³-hybridized carbons (Fsp3) is 0.654. The van der Waals surface area contributed by atoms with Gasteiger partial charge in [-0.15, -0.1) is 0 Å². The van der Waals surface area contributed by atoms with Crippen LogP contribution in [0.3, 0.4) is 0 Å². The van der Waals surface area contributed by atoms with Crippen molar-refractivity contribution >= 4 is 23.4 Å². The number of halogens is 3. The Kier molecular flexibility index (Phi) is 6.29. The first-order valence-electron chi connectivity index (χ1n) is 13.4. The Hall–Kier alpha value is -2.78. The maximum atomic E-state index is 13.5. The largest absolute Gasteiger partial charge is 0.419 e. The van der Waals surface area contributed by atoms with Crippen LogP contribution in [-0.4, -0.2) is 66.8 Å². The number of nitrogens with zero attached hydrogens (tertiary/aromatic N) is 7. The third kappa shape index (κ3) is 4.66. The highest BCUT2D eigenvalue weighted by Crippen LogP contribution is 2.40. The van der Waals surface area contributed by atoms with Gasteiger partial charge in [0, 0.05) is 64.1 Å². The lowest BCUT2D eigenvalue weighted by molar-refractivity contribution is -0.137. The van der Waals surface area contributed by atoms with Gasteiger partial charge in [0.15, 0.2) is 0 Å². The second-order valence-corrected chi connectivity index (χ2v) is 10.6. The van der Waals surface area contributed by atoms with Crippen molar-refractivity contribution in [2.24, 2.45) is 5.92 Å². The molecular weight excluding hydrogens is 467 g/mol. The topological polar surface area (TPSA) is 51.6 Å². The summed E-state index contributed by atoms with van der Waals surface area (Å²) in [5.74, 6) is 3.57. The van der Waals surface area contributed by atoms with Gasteiger partial charge in [-0.25, -0.2) is 4.98 Å². The SMILES string of the molecule is FC(F)(F)c1cccnc1N1CCN(c2nc(N3CCCCC3)cc(N3CCC4CCC3C4)n2)CC1. The molecule has 0 amide bonds. The molecule has 2 aromatic rings. The van der Waals surface area contributed by atoms with E-state index in [-0.39, 0.29) is 5.82 Å². The molecule has 10 heteroatoms. The normalized spacial score (nSPS) is 25.0. The van der Waals surface area contributed by atoms with E-state index in [0.29, 0.717) is 38.2 Å². The summed E-state index contributed by atoms with van der Waals surface area (Å²) >= 11 is 0. The second-order valence-electron chi connectivity index (χ2n) is 10.6. The first kappa shape index (κ1) is 23.6. The first-order valence-corrected chi connectivity index (χ1v) is 13.4. The van der Waals surface area contributed by atoms with Crippen molar-refractivity contribution in [2.75, 3.05) is 65.4 Å². The molecule has 36 heavy (non-hydrogen) atoms. The molecule has 2 bridgehead atoms. The van der Waals surface area contributed by atoms with E-state index >= 15 is 0 Å². The van der Waals surface area contributed by atoms with Gasteiger partial charge in [0.25, 0.3) is 0 Å². The molecule has 4 fully saturated rings. The Morgan fingerprint density at radius 3 is 2.31 bits per heavy atom. The smallest absolute Gasteiger partial charge is 0.356 e. The highest BCUT2D eigenvalue weighted by molar-refractivity contribution is 5.57. The van der Waals surface area contributed by atoms with Crippen LogP contribution in [0.25, 0.3) is 0 Å². The first-order chi connectivity index (χ1) is 17.5. The maximum absolute atomic E-state index is 13.5. The zero-order chi connectivity index (χ0) is 24.7. The second kappa shape index (κ2) is 9.59. The number of hydrogen-bond acceptors (Lipinski definition) is 7. The number of hydrogen-bond donors (Lipinski definition) is 0. The third-order valence-corrected chi connectivity index (χ3v) is 8.35. The maximum Gasteiger partial charge on any atom is 0.419 e. The van der Waals surface area contributed by atoms with Crippen molar-refractivity contribution in [3.63, 3.8) is 0 Å². The predicted molar refractivity (Wildman–Crippen MR) is 135 cm³/mol. The van der Waals surface area contributed by atoms with Crippen LogP contribution in [0.1, 0.15) is 50.5 Å². The summed E-state index contributed by atoms with van der Waals surface area (Å²) in [6.45, 7) is 5.06. The van der Waals surface area contributed by atoms with Gasteiger partial charge in [-0.05, 0) is 63.0 Å². The Balaban J connectivity index is 1.25. The van der Waals surface area contributed by atoms with E-state index in [1.807, 2.05) is 0 Å². The molecule has 5 heterocycles. The summed E-state index contributed by atoms with van der Waals surface area (Å²) in [5.41, 5.74) is -0.677. The molecule has 1 aliphatic carbocycles. The summed E-state index contributed by atoms with van der Waals surface area (Å²) in [6, 6.07) is 5.19. The van der Waals surface area contributed by atoms with Crippen molar-refractivity contribution in [3.8, 4) is 0 Å². The van der Waals surface area contributed by atoms with Crippen LogP contribution in [0.4, 0.5) is 36.6 Å². The molecule has 0 N–H and O–H groups in total. The number of pyridine rings is 1. The molecule has 194 valence electrons. The van der Waals surface area contributed by atoms with Crippen LogP contribution >= 0.6 is 0 Å². The van der Waals surface area contributed by atoms with Crippen LogP contribution in [0.2, 0.25) is 0 Å². The Bertz CT molecular complexity index is 1060. The quantitative estimate of drug-likeness (QED) is 0.608. The van der Waals surface area contributed by atoms with E-state index in [1.165, 1.54) is 57.2 Å². The average molecular weight is 502 g/mol. The van der Waals surface area contributed by atoms with Crippen LogP contribution in [-0.2, 0) is 6.18 Å². The molecule has 0 radical (unpaired) electrons. The molecule has 2 atom stereocenters. The van der Waals surface area contributed by atoms with Gasteiger partial charge in [0.1, 0.15) is 17.5 Å². The van der Waals surface area contributed by atoms with Crippen molar-refractivity contribution in [2.45, 2.75) is 57.2 Å². The highest BCUT2D eigenvalue weighted by atomic mass is 19.4. The molecule has 3 saturated heterocycles. The fourth-order valence-electron chi connectivity index (χ4n) is 6.37. The van der Waals surface area contributed by atoms with E-state index in [4.69, 9.17) is 9.97 Å². The molecule has 6 rings (SSSR count). The van der Waals surface area contributed by atoms with Gasteiger partial charge in [0.2, 0.25) is 5.95 Å². The van der Waals surface area contributed by atoms with Crippen LogP contribution in [0, 0.1) is 5.92 Å². The number of aromatic nitrogens is 3. The standard InChI is InChI=1S/C26H34F3N7/c27-26(28,29)21-5-4-9-30-24(21)34-13-15-35(16-14-34)25-31-22(33-10-2-1-3-11-33)18-23(32-25)36-12-8-19-6-7-20(36)17-19/h4-5,9,18-20H,1-3,6-8,10-17H2.